The molecule has 7 rings (SSSR count). The number of rotatable bonds is 6. The van der Waals surface area contributed by atoms with Gasteiger partial charge in [0.25, 0.3) is 0 Å². The Morgan fingerprint density at radius 2 is 1.73 bits per heavy atom. The van der Waals surface area contributed by atoms with Crippen molar-refractivity contribution in [1.29, 1.82) is 5.26 Å². The molecule has 11 heteroatoms. The summed E-state index contributed by atoms with van der Waals surface area (Å²) in [5, 5.41) is 17.1. The normalized spacial score (nSPS) is 15.6. The minimum absolute atomic E-state index is 0.471. The van der Waals surface area contributed by atoms with Crippen molar-refractivity contribution in [2.75, 3.05) is 69.8 Å². The van der Waals surface area contributed by atoms with Gasteiger partial charge in [-0.25, -0.2) is 0 Å². The highest BCUT2D eigenvalue weighted by Crippen LogP contribution is 2.35. The van der Waals surface area contributed by atoms with E-state index in [0.29, 0.717) is 12.6 Å². The molecule has 0 aliphatic carbocycles. The van der Waals surface area contributed by atoms with E-state index in [1.165, 1.54) is 66.5 Å². The summed E-state index contributed by atoms with van der Waals surface area (Å²) < 4.78 is 7.22. The molecule has 4 aromatic rings. The summed E-state index contributed by atoms with van der Waals surface area (Å²) in [4.78, 5) is 26.6. The smallest absolute Gasteiger partial charge is 0.318 e. The van der Waals surface area contributed by atoms with Crippen molar-refractivity contribution in [2.24, 2.45) is 0 Å². The number of anilines is 2. The van der Waals surface area contributed by atoms with Crippen molar-refractivity contribution in [3.63, 3.8) is 0 Å². The fourth-order valence-corrected chi connectivity index (χ4v) is 5.99. The molecule has 0 saturated carbocycles. The summed E-state index contributed by atoms with van der Waals surface area (Å²) in [5.41, 5.74) is 4.98. The fourth-order valence-electron chi connectivity index (χ4n) is 5.99. The first-order valence-electron chi connectivity index (χ1n) is 16.7. The molecular formula is C37H49N9O2. The predicted octanol–water partition coefficient (Wildman–Crippen LogP) is 4.80. The first-order valence-corrected chi connectivity index (χ1v) is 16.7. The van der Waals surface area contributed by atoms with Crippen LogP contribution in [0.15, 0.2) is 67.0 Å². The Labute approximate surface area is 284 Å². The highest BCUT2D eigenvalue weighted by atomic mass is 16.5. The largest absolute Gasteiger partial charge is 0.467 e. The number of aryl methyl sites for hydroxylation is 1. The molecule has 48 heavy (non-hydrogen) atoms. The zero-order valence-electron chi connectivity index (χ0n) is 28.8. The minimum atomic E-state index is 0.471. The van der Waals surface area contributed by atoms with E-state index in [9.17, 15) is 4.79 Å². The number of methoxy groups -OCH3 is 1. The second-order valence-electron chi connectivity index (χ2n) is 11.8. The van der Waals surface area contributed by atoms with Crippen LogP contribution in [0.3, 0.4) is 0 Å². The van der Waals surface area contributed by atoms with Crippen LogP contribution in [-0.2, 0) is 24.3 Å². The second-order valence-corrected chi connectivity index (χ2v) is 11.8. The lowest BCUT2D eigenvalue weighted by Gasteiger charge is -2.37. The van der Waals surface area contributed by atoms with Gasteiger partial charge in [-0.05, 0) is 75.5 Å². The predicted molar refractivity (Wildman–Crippen MR) is 193 cm³/mol. The Balaban J connectivity index is 0.000000236. The summed E-state index contributed by atoms with van der Waals surface area (Å²) in [6, 6.07) is 17.2. The number of aldehydes is 1. The zero-order chi connectivity index (χ0) is 34.1. The van der Waals surface area contributed by atoms with Crippen LogP contribution in [0.5, 0.6) is 6.01 Å². The molecule has 2 aromatic carbocycles. The number of nitrogens with one attached hydrogen (secondary N) is 1. The van der Waals surface area contributed by atoms with Crippen molar-refractivity contribution in [3.8, 4) is 12.1 Å². The number of benzene rings is 2. The summed E-state index contributed by atoms with van der Waals surface area (Å²) in [6.45, 7) is 12.6. The van der Waals surface area contributed by atoms with Gasteiger partial charge in [0.1, 0.15) is 12.1 Å². The molecule has 3 aliphatic rings. The number of ether oxygens (including phenoxy) is 1. The number of carbonyl (C=O) groups is 1. The van der Waals surface area contributed by atoms with Crippen LogP contribution in [-0.4, -0.2) is 90.9 Å². The van der Waals surface area contributed by atoms with E-state index in [1.807, 2.05) is 12.3 Å². The van der Waals surface area contributed by atoms with Gasteiger partial charge in [0.2, 0.25) is 0 Å². The number of carbonyl (C=O) groups excluding carboxylic acids is 1. The molecule has 11 nitrogen and oxygen atoms in total. The van der Waals surface area contributed by atoms with Crippen LogP contribution in [0.1, 0.15) is 36.6 Å². The van der Waals surface area contributed by atoms with Gasteiger partial charge < -0.3 is 24.8 Å². The van der Waals surface area contributed by atoms with Crippen LogP contribution in [0, 0.1) is 18.3 Å². The third kappa shape index (κ3) is 10.1. The molecule has 5 heterocycles. The van der Waals surface area contributed by atoms with E-state index < -0.39 is 0 Å². The SMILES string of the molecule is C1CCNC1.CC#N.COc1nc2c(c(N3CCN(C)CC3)n1)CCN(c1cccc3cccc(C)c13)C2.O=C/C=C/Cn1cccn1. The Kier molecular flexibility index (Phi) is 14.4. The Morgan fingerprint density at radius 3 is 2.35 bits per heavy atom. The van der Waals surface area contributed by atoms with E-state index >= 15 is 0 Å². The Morgan fingerprint density at radius 1 is 1.00 bits per heavy atom. The number of nitrogens with zero attached hydrogens (tertiary/aromatic N) is 8. The molecule has 3 aliphatic heterocycles. The first-order chi connectivity index (χ1) is 23.5. The van der Waals surface area contributed by atoms with Crippen molar-refractivity contribution in [1.82, 2.24) is 30.0 Å². The van der Waals surface area contributed by atoms with Crippen LogP contribution < -0.4 is 19.9 Å². The fraction of sp³-hybridized carbons (Fsp3) is 0.432. The molecule has 2 fully saturated rings. The number of nitriles is 1. The Bertz CT molecular complexity index is 1620. The number of aromatic nitrogens is 4. The second kappa shape index (κ2) is 19.1. The van der Waals surface area contributed by atoms with Crippen LogP contribution >= 0.6 is 0 Å². The van der Waals surface area contributed by atoms with E-state index in [-0.39, 0.29) is 0 Å². The third-order valence-electron chi connectivity index (χ3n) is 8.46. The molecule has 2 aromatic heterocycles. The maximum atomic E-state index is 9.82. The van der Waals surface area contributed by atoms with E-state index in [0.717, 1.165) is 63.5 Å². The van der Waals surface area contributed by atoms with Gasteiger partial charge in [-0.15, -0.1) is 0 Å². The van der Waals surface area contributed by atoms with E-state index in [2.05, 4.69) is 75.5 Å². The number of hydrogen-bond acceptors (Lipinski definition) is 10. The molecule has 1 N–H and O–H groups in total. The van der Waals surface area contributed by atoms with Crippen molar-refractivity contribution >= 4 is 28.6 Å². The quantitative estimate of drug-likeness (QED) is 0.230. The van der Waals surface area contributed by atoms with Gasteiger partial charge in [0.05, 0.1) is 32.0 Å². The number of fused-ring (bicyclic) bond motifs is 2. The molecule has 0 spiro atoms. The monoisotopic (exact) mass is 651 g/mol. The van der Waals surface area contributed by atoms with Crippen molar-refractivity contribution in [2.45, 2.75) is 46.2 Å². The molecule has 0 amide bonds. The molecule has 0 radical (unpaired) electrons. The maximum Gasteiger partial charge on any atom is 0.318 e. The molecule has 0 bridgehead atoms. The van der Waals surface area contributed by atoms with Crippen molar-refractivity contribution in [3.05, 3.63) is 83.8 Å². The van der Waals surface area contributed by atoms with E-state index in [4.69, 9.17) is 20.0 Å². The third-order valence-corrected chi connectivity index (χ3v) is 8.46. The summed E-state index contributed by atoms with van der Waals surface area (Å²) >= 11 is 0. The van der Waals surface area contributed by atoms with E-state index in [1.54, 1.807) is 30.1 Å². The zero-order valence-corrected chi connectivity index (χ0v) is 28.8. The number of allylic oxidation sites excluding steroid dienone is 2. The topological polar surface area (TPSA) is 115 Å². The molecule has 2 saturated heterocycles. The highest BCUT2D eigenvalue weighted by Gasteiger charge is 2.27. The van der Waals surface area contributed by atoms with Crippen LogP contribution in [0.25, 0.3) is 10.8 Å². The van der Waals surface area contributed by atoms with Crippen LogP contribution in [0.2, 0.25) is 0 Å². The van der Waals surface area contributed by atoms with Gasteiger partial charge in [-0.1, -0.05) is 36.4 Å². The molecule has 254 valence electrons. The van der Waals surface area contributed by atoms with Crippen LogP contribution in [0.4, 0.5) is 11.5 Å². The summed E-state index contributed by atoms with van der Waals surface area (Å²) in [6.07, 6.45) is 11.2. The maximum absolute atomic E-state index is 9.82. The Hall–Kier alpha value is -4.79. The van der Waals surface area contributed by atoms with Gasteiger partial charge in [0.15, 0.2) is 0 Å². The first kappa shape index (κ1) is 36.1. The number of hydrogen-bond donors (Lipinski definition) is 1. The van der Waals surface area contributed by atoms with Crippen molar-refractivity contribution < 1.29 is 9.53 Å². The van der Waals surface area contributed by atoms with Gasteiger partial charge >= 0.3 is 6.01 Å². The van der Waals surface area contributed by atoms with Gasteiger partial charge in [-0.3, -0.25) is 9.48 Å². The summed E-state index contributed by atoms with van der Waals surface area (Å²) in [7, 11) is 3.83. The molecule has 0 atom stereocenters. The lowest BCUT2D eigenvalue weighted by Crippen LogP contribution is -2.45. The highest BCUT2D eigenvalue weighted by molar-refractivity contribution is 5.97. The van der Waals surface area contributed by atoms with Gasteiger partial charge in [-0.2, -0.15) is 20.3 Å². The lowest BCUT2D eigenvalue weighted by molar-refractivity contribution is -0.104. The number of piperazine rings is 1. The minimum Gasteiger partial charge on any atom is -0.467 e. The average Bonchev–Trinajstić information content (AvgIpc) is 3.87. The average molecular weight is 652 g/mol. The number of likely N-dealkylation sites (N-methyl/N-ethyl adjacent to an activating group) is 1. The lowest BCUT2D eigenvalue weighted by atomic mass is 9.99. The molecular weight excluding hydrogens is 602 g/mol. The molecule has 0 unspecified atom stereocenters. The van der Waals surface area contributed by atoms with Gasteiger partial charge in [0, 0.05) is 68.7 Å². The standard InChI is InChI=1S/C24H29N5O.C7H8N2O.C4H9N.C2H3N/c1-17-6-4-7-18-8-5-9-21(22(17)18)29-11-10-19-20(16-29)25-24(30-3)26-23(19)28-14-12-27(2)13-15-28;10-7-2-1-5-9-6-3-4-8-9;1-2-4-5-3-1;1-2-3/h4-9H,10-16H2,1-3H3;1-4,6-7H,5H2;5H,1-4H2;1H3/b;2-1+;;. The summed E-state index contributed by atoms with van der Waals surface area (Å²) in [5.74, 6) is 1.07.